The molecule has 168 valence electrons. The molecule has 0 bridgehead atoms. The van der Waals surface area contributed by atoms with Gasteiger partial charge in [0.05, 0.1) is 41.5 Å². The second-order valence-corrected chi connectivity index (χ2v) is 6.54. The second-order valence-electron chi connectivity index (χ2n) is 6.54. The van der Waals surface area contributed by atoms with Crippen LogP contribution in [0, 0.1) is 0 Å². The van der Waals surface area contributed by atoms with Crippen LogP contribution in [-0.2, 0) is 9.59 Å². The Morgan fingerprint density at radius 3 is 1.71 bits per heavy atom. The third-order valence-corrected chi connectivity index (χ3v) is 4.50. The Morgan fingerprint density at radius 2 is 1.29 bits per heavy atom. The number of nitrogens with zero attached hydrogens (tertiary/aromatic N) is 1. The number of hydrogen-bond acceptors (Lipinski definition) is 7. The molecule has 2 rings (SSSR count). The summed E-state index contributed by atoms with van der Waals surface area (Å²) in [4.78, 5) is 26.6. The SMILES string of the molecule is CCN(CC(=O)Nc1ccc(OC)cc1)CC(=O)Nc1cc(OC)c(OC)c(OC)c1. The molecule has 0 unspecified atom stereocenters. The predicted molar refractivity (Wildman–Crippen MR) is 118 cm³/mol. The van der Waals surface area contributed by atoms with Crippen LogP contribution in [0.1, 0.15) is 6.92 Å². The topological polar surface area (TPSA) is 98.4 Å². The van der Waals surface area contributed by atoms with Crippen molar-refractivity contribution in [2.45, 2.75) is 6.92 Å². The Balaban J connectivity index is 1.97. The van der Waals surface area contributed by atoms with Gasteiger partial charge in [0.25, 0.3) is 0 Å². The minimum atomic E-state index is -0.270. The Bertz CT molecular complexity index is 860. The summed E-state index contributed by atoms with van der Waals surface area (Å²) < 4.78 is 21.0. The van der Waals surface area contributed by atoms with E-state index in [0.29, 0.717) is 40.9 Å². The molecule has 0 aliphatic carbocycles. The first-order valence-electron chi connectivity index (χ1n) is 9.70. The first kappa shape index (κ1) is 23.8. The second kappa shape index (κ2) is 11.7. The fraction of sp³-hybridized carbons (Fsp3) is 0.364. The Hall–Kier alpha value is -3.46. The summed E-state index contributed by atoms with van der Waals surface area (Å²) in [5.74, 6) is 1.53. The number of hydrogen-bond donors (Lipinski definition) is 2. The fourth-order valence-corrected chi connectivity index (χ4v) is 2.91. The number of carbonyl (C=O) groups excluding carboxylic acids is 2. The molecule has 2 aromatic carbocycles. The minimum Gasteiger partial charge on any atom is -0.497 e. The van der Waals surface area contributed by atoms with E-state index in [9.17, 15) is 9.59 Å². The van der Waals surface area contributed by atoms with Crippen molar-refractivity contribution in [1.82, 2.24) is 4.90 Å². The van der Waals surface area contributed by atoms with Gasteiger partial charge in [-0.05, 0) is 30.8 Å². The average Bonchev–Trinajstić information content (AvgIpc) is 2.78. The molecule has 0 spiro atoms. The summed E-state index contributed by atoms with van der Waals surface area (Å²) in [5.41, 5.74) is 1.15. The molecule has 0 aliphatic heterocycles. The van der Waals surface area contributed by atoms with Gasteiger partial charge in [0.1, 0.15) is 5.75 Å². The summed E-state index contributed by atoms with van der Waals surface area (Å²) in [5, 5.41) is 5.61. The number of methoxy groups -OCH3 is 4. The molecule has 2 amide bonds. The van der Waals surface area contributed by atoms with Crippen molar-refractivity contribution in [3.8, 4) is 23.0 Å². The van der Waals surface area contributed by atoms with Crippen LogP contribution in [0.3, 0.4) is 0 Å². The van der Waals surface area contributed by atoms with Crippen molar-refractivity contribution in [3.05, 3.63) is 36.4 Å². The molecular weight excluding hydrogens is 402 g/mol. The smallest absolute Gasteiger partial charge is 0.238 e. The number of carbonyl (C=O) groups is 2. The van der Waals surface area contributed by atoms with Gasteiger partial charge in [-0.1, -0.05) is 6.92 Å². The quantitative estimate of drug-likeness (QED) is 0.564. The third-order valence-electron chi connectivity index (χ3n) is 4.50. The molecule has 2 aromatic rings. The lowest BCUT2D eigenvalue weighted by molar-refractivity contribution is -0.119. The molecule has 9 heteroatoms. The van der Waals surface area contributed by atoms with Gasteiger partial charge in [-0.25, -0.2) is 0 Å². The van der Waals surface area contributed by atoms with E-state index >= 15 is 0 Å². The number of ether oxygens (including phenoxy) is 4. The highest BCUT2D eigenvalue weighted by molar-refractivity contribution is 5.95. The van der Waals surface area contributed by atoms with E-state index in [0.717, 1.165) is 0 Å². The molecule has 0 atom stereocenters. The zero-order valence-electron chi connectivity index (χ0n) is 18.5. The van der Waals surface area contributed by atoms with Gasteiger partial charge < -0.3 is 29.6 Å². The normalized spacial score (nSPS) is 10.4. The van der Waals surface area contributed by atoms with E-state index in [2.05, 4.69) is 10.6 Å². The number of rotatable bonds is 11. The first-order chi connectivity index (χ1) is 14.9. The highest BCUT2D eigenvalue weighted by Crippen LogP contribution is 2.39. The van der Waals surface area contributed by atoms with E-state index in [-0.39, 0.29) is 24.9 Å². The number of nitrogens with one attached hydrogen (secondary N) is 2. The summed E-state index contributed by atoms with van der Waals surface area (Å²) in [7, 11) is 6.09. The van der Waals surface area contributed by atoms with Crippen LogP contribution >= 0.6 is 0 Å². The molecule has 9 nitrogen and oxygen atoms in total. The van der Waals surface area contributed by atoms with E-state index in [1.54, 1.807) is 48.4 Å². The highest BCUT2D eigenvalue weighted by atomic mass is 16.5. The van der Waals surface area contributed by atoms with E-state index in [1.165, 1.54) is 21.3 Å². The van der Waals surface area contributed by atoms with Gasteiger partial charge in [-0.2, -0.15) is 0 Å². The number of amides is 2. The molecule has 0 aromatic heterocycles. The van der Waals surface area contributed by atoms with Gasteiger partial charge in [0.2, 0.25) is 17.6 Å². The molecule has 0 fully saturated rings. The summed E-state index contributed by atoms with van der Waals surface area (Å²) in [6.07, 6.45) is 0. The van der Waals surface area contributed by atoms with E-state index < -0.39 is 0 Å². The lowest BCUT2D eigenvalue weighted by Gasteiger charge is -2.20. The van der Waals surface area contributed by atoms with Crippen LogP contribution in [0.25, 0.3) is 0 Å². The molecule has 0 heterocycles. The van der Waals surface area contributed by atoms with Crippen LogP contribution in [0.4, 0.5) is 11.4 Å². The lowest BCUT2D eigenvalue weighted by atomic mass is 10.2. The highest BCUT2D eigenvalue weighted by Gasteiger charge is 2.17. The predicted octanol–water partition coefficient (Wildman–Crippen LogP) is 2.62. The van der Waals surface area contributed by atoms with Crippen molar-refractivity contribution in [1.29, 1.82) is 0 Å². The van der Waals surface area contributed by atoms with Gasteiger partial charge in [-0.15, -0.1) is 0 Å². The molecule has 2 N–H and O–H groups in total. The van der Waals surface area contributed by atoms with E-state index in [1.807, 2.05) is 6.92 Å². The number of benzene rings is 2. The summed E-state index contributed by atoms with van der Waals surface area (Å²) in [6, 6.07) is 10.3. The van der Waals surface area contributed by atoms with Crippen LogP contribution < -0.4 is 29.6 Å². The van der Waals surface area contributed by atoms with Crippen molar-refractivity contribution in [2.24, 2.45) is 0 Å². The van der Waals surface area contributed by atoms with E-state index in [4.69, 9.17) is 18.9 Å². The molecule has 0 radical (unpaired) electrons. The number of likely N-dealkylation sites (N-methyl/N-ethyl adjacent to an activating group) is 1. The lowest BCUT2D eigenvalue weighted by Crippen LogP contribution is -2.38. The molecule has 0 saturated carbocycles. The third kappa shape index (κ3) is 6.78. The van der Waals surface area contributed by atoms with Crippen LogP contribution in [0.5, 0.6) is 23.0 Å². The maximum absolute atomic E-state index is 12.5. The molecular formula is C22H29N3O6. The van der Waals surface area contributed by atoms with Crippen molar-refractivity contribution >= 4 is 23.2 Å². The maximum Gasteiger partial charge on any atom is 0.238 e. The van der Waals surface area contributed by atoms with Crippen LogP contribution in [-0.4, -0.2) is 64.8 Å². The molecule has 31 heavy (non-hydrogen) atoms. The summed E-state index contributed by atoms with van der Waals surface area (Å²) in [6.45, 7) is 2.53. The largest absolute Gasteiger partial charge is 0.497 e. The fourth-order valence-electron chi connectivity index (χ4n) is 2.91. The van der Waals surface area contributed by atoms with Gasteiger partial charge in [0.15, 0.2) is 11.5 Å². The minimum absolute atomic E-state index is 0.0448. The van der Waals surface area contributed by atoms with Crippen LogP contribution in [0.2, 0.25) is 0 Å². The average molecular weight is 431 g/mol. The summed E-state index contributed by atoms with van der Waals surface area (Å²) >= 11 is 0. The number of anilines is 2. The Labute approximate surface area is 182 Å². The zero-order valence-corrected chi connectivity index (χ0v) is 18.5. The Kier molecular flexibility index (Phi) is 8.95. The van der Waals surface area contributed by atoms with Gasteiger partial charge in [0, 0.05) is 23.5 Å². The van der Waals surface area contributed by atoms with Crippen molar-refractivity contribution in [2.75, 3.05) is 58.7 Å². The molecule has 0 aliphatic rings. The van der Waals surface area contributed by atoms with Crippen LogP contribution in [0.15, 0.2) is 36.4 Å². The first-order valence-corrected chi connectivity index (χ1v) is 9.70. The van der Waals surface area contributed by atoms with Crippen molar-refractivity contribution < 1.29 is 28.5 Å². The Morgan fingerprint density at radius 1 is 0.774 bits per heavy atom. The zero-order chi connectivity index (χ0) is 22.8. The van der Waals surface area contributed by atoms with Crippen molar-refractivity contribution in [3.63, 3.8) is 0 Å². The monoisotopic (exact) mass is 431 g/mol. The maximum atomic E-state index is 12.5. The standard InChI is InChI=1S/C22H29N3O6/c1-6-25(13-20(26)23-15-7-9-17(28-2)10-8-15)14-21(27)24-16-11-18(29-3)22(31-5)19(12-16)30-4/h7-12H,6,13-14H2,1-5H3,(H,23,26)(H,24,27). The van der Waals surface area contributed by atoms with Gasteiger partial charge in [-0.3, -0.25) is 14.5 Å². The van der Waals surface area contributed by atoms with Gasteiger partial charge >= 0.3 is 0 Å². The molecule has 0 saturated heterocycles.